The summed E-state index contributed by atoms with van der Waals surface area (Å²) in [6.45, 7) is 1.81. The van der Waals surface area contributed by atoms with Gasteiger partial charge in [-0.25, -0.2) is 14.4 Å². The van der Waals surface area contributed by atoms with Gasteiger partial charge in [0.1, 0.15) is 17.9 Å². The van der Waals surface area contributed by atoms with Crippen LogP contribution in [0.5, 0.6) is 5.75 Å². The molecule has 0 aliphatic heterocycles. The van der Waals surface area contributed by atoms with Gasteiger partial charge in [0, 0.05) is 16.5 Å². The predicted molar refractivity (Wildman–Crippen MR) is 134 cm³/mol. The highest BCUT2D eigenvalue weighted by Gasteiger charge is 2.27. The molecule has 182 valence electrons. The minimum atomic E-state index is -1.10. The van der Waals surface area contributed by atoms with Crippen LogP contribution in [-0.2, 0) is 29.0 Å². The first-order valence-corrected chi connectivity index (χ1v) is 11.8. The Kier molecular flexibility index (Phi) is 6.54. The summed E-state index contributed by atoms with van der Waals surface area (Å²) in [5, 5.41) is 3.48. The molecule has 1 amide bonds. The number of benzene rings is 3. The van der Waals surface area contributed by atoms with E-state index in [4.69, 9.17) is 13.9 Å². The number of carbonyl (C=O) groups is 2. The van der Waals surface area contributed by atoms with Crippen LogP contribution in [0.15, 0.2) is 82.0 Å². The van der Waals surface area contributed by atoms with E-state index in [0.29, 0.717) is 23.1 Å². The molecule has 1 aliphatic rings. The number of fused-ring (bicyclic) bond motifs is 3. The molecule has 1 N–H and O–H groups in total. The second-order valence-electron chi connectivity index (χ2n) is 8.74. The fraction of sp³-hybridized carbons (Fsp3) is 0.207. The van der Waals surface area contributed by atoms with E-state index < -0.39 is 18.1 Å². The largest absolute Gasteiger partial charge is 0.445 e. The number of esters is 1. The van der Waals surface area contributed by atoms with Crippen molar-refractivity contribution >= 4 is 23.0 Å². The number of ether oxygens (including phenoxy) is 2. The minimum Gasteiger partial charge on any atom is -0.445 e. The van der Waals surface area contributed by atoms with Gasteiger partial charge in [0.05, 0.1) is 0 Å². The van der Waals surface area contributed by atoms with Crippen LogP contribution in [0.1, 0.15) is 40.3 Å². The predicted octanol–water partition coefficient (Wildman–Crippen LogP) is 5.16. The highest BCUT2D eigenvalue weighted by Crippen LogP contribution is 2.33. The summed E-state index contributed by atoms with van der Waals surface area (Å²) in [5.74, 6) is -0.433. The Morgan fingerprint density at radius 3 is 2.39 bits per heavy atom. The average Bonchev–Trinajstić information content (AvgIpc) is 3.40. The zero-order chi connectivity index (χ0) is 25.1. The van der Waals surface area contributed by atoms with Crippen LogP contribution in [0.3, 0.4) is 0 Å². The normalized spacial score (nSPS) is 13.1. The zero-order valence-corrected chi connectivity index (χ0v) is 19.8. The van der Waals surface area contributed by atoms with Crippen molar-refractivity contribution in [3.05, 3.63) is 111 Å². The number of nitrogens with one attached hydrogen (secondary N) is 1. The number of rotatable bonds is 6. The number of amides is 1. The van der Waals surface area contributed by atoms with E-state index in [1.807, 2.05) is 42.5 Å². The molecular formula is C29H25NO6. The van der Waals surface area contributed by atoms with E-state index in [9.17, 15) is 14.4 Å². The molecule has 0 spiro atoms. The van der Waals surface area contributed by atoms with E-state index in [0.717, 1.165) is 34.9 Å². The molecule has 0 unspecified atom stereocenters. The molecule has 1 atom stereocenters. The van der Waals surface area contributed by atoms with Crippen molar-refractivity contribution < 1.29 is 23.5 Å². The molecule has 4 aromatic rings. The molecule has 0 saturated carbocycles. The van der Waals surface area contributed by atoms with Crippen LogP contribution in [0, 0.1) is 6.92 Å². The van der Waals surface area contributed by atoms with Crippen LogP contribution < -0.4 is 15.7 Å². The Balaban J connectivity index is 1.38. The van der Waals surface area contributed by atoms with E-state index in [-0.39, 0.29) is 18.0 Å². The first kappa shape index (κ1) is 23.4. The summed E-state index contributed by atoms with van der Waals surface area (Å²) < 4.78 is 16.6. The van der Waals surface area contributed by atoms with Crippen molar-refractivity contribution in [2.24, 2.45) is 0 Å². The molecule has 0 fully saturated rings. The zero-order valence-electron chi connectivity index (χ0n) is 19.8. The number of hydrogen-bond acceptors (Lipinski definition) is 6. The maximum Gasteiger partial charge on any atom is 0.408 e. The Labute approximate surface area is 207 Å². The summed E-state index contributed by atoms with van der Waals surface area (Å²) in [5.41, 5.74) is 3.73. The number of hydrogen-bond donors (Lipinski definition) is 1. The van der Waals surface area contributed by atoms with Crippen LogP contribution >= 0.6 is 0 Å². The lowest BCUT2D eigenvalue weighted by atomic mass is 10.0. The van der Waals surface area contributed by atoms with Crippen molar-refractivity contribution in [2.75, 3.05) is 0 Å². The lowest BCUT2D eigenvalue weighted by Crippen LogP contribution is -2.36. The second-order valence-corrected chi connectivity index (χ2v) is 8.74. The van der Waals surface area contributed by atoms with Crippen LogP contribution in [0.25, 0.3) is 11.0 Å². The Morgan fingerprint density at radius 1 is 0.944 bits per heavy atom. The van der Waals surface area contributed by atoms with Crippen molar-refractivity contribution in [1.82, 2.24) is 5.32 Å². The van der Waals surface area contributed by atoms with Gasteiger partial charge in [-0.3, -0.25) is 0 Å². The quantitative estimate of drug-likeness (QED) is 0.231. The van der Waals surface area contributed by atoms with Gasteiger partial charge in [0.15, 0.2) is 6.04 Å². The van der Waals surface area contributed by atoms with E-state index in [1.54, 1.807) is 37.3 Å². The first-order chi connectivity index (χ1) is 17.5. The molecule has 0 radical (unpaired) electrons. The Hall–Kier alpha value is -4.39. The fourth-order valence-corrected chi connectivity index (χ4v) is 4.55. The fourth-order valence-electron chi connectivity index (χ4n) is 4.55. The molecule has 0 saturated heterocycles. The molecule has 1 aromatic heterocycles. The lowest BCUT2D eigenvalue weighted by molar-refractivity contribution is -0.136. The van der Waals surface area contributed by atoms with Crippen LogP contribution in [0.2, 0.25) is 0 Å². The average molecular weight is 484 g/mol. The minimum absolute atomic E-state index is 0.0658. The van der Waals surface area contributed by atoms with Gasteiger partial charge in [0.2, 0.25) is 0 Å². The van der Waals surface area contributed by atoms with E-state index in [2.05, 4.69) is 5.32 Å². The smallest absolute Gasteiger partial charge is 0.408 e. The van der Waals surface area contributed by atoms with Gasteiger partial charge in [-0.2, -0.15) is 0 Å². The summed E-state index contributed by atoms with van der Waals surface area (Å²) >= 11 is 0. The highest BCUT2D eigenvalue weighted by molar-refractivity contribution is 5.89. The molecule has 1 aliphatic carbocycles. The van der Waals surface area contributed by atoms with Gasteiger partial charge in [0.25, 0.3) is 0 Å². The molecule has 36 heavy (non-hydrogen) atoms. The first-order valence-electron chi connectivity index (χ1n) is 11.8. The van der Waals surface area contributed by atoms with Crippen molar-refractivity contribution in [1.29, 1.82) is 0 Å². The third kappa shape index (κ3) is 4.73. The molecular weight excluding hydrogens is 458 g/mol. The monoisotopic (exact) mass is 483 g/mol. The van der Waals surface area contributed by atoms with Gasteiger partial charge in [-0.1, -0.05) is 60.7 Å². The highest BCUT2D eigenvalue weighted by atomic mass is 16.6. The maximum atomic E-state index is 13.3. The summed E-state index contributed by atoms with van der Waals surface area (Å²) in [4.78, 5) is 38.3. The molecule has 1 heterocycles. The molecule has 7 nitrogen and oxygen atoms in total. The Morgan fingerprint density at radius 2 is 1.64 bits per heavy atom. The van der Waals surface area contributed by atoms with Crippen LogP contribution in [0.4, 0.5) is 4.79 Å². The van der Waals surface area contributed by atoms with Crippen molar-refractivity contribution in [3.8, 4) is 5.75 Å². The van der Waals surface area contributed by atoms with Crippen molar-refractivity contribution in [2.45, 2.75) is 38.8 Å². The van der Waals surface area contributed by atoms with Crippen LogP contribution in [-0.4, -0.2) is 12.1 Å². The van der Waals surface area contributed by atoms with E-state index >= 15 is 0 Å². The van der Waals surface area contributed by atoms with Gasteiger partial charge >= 0.3 is 17.7 Å². The molecule has 5 rings (SSSR count). The van der Waals surface area contributed by atoms with Gasteiger partial charge in [-0.15, -0.1) is 0 Å². The lowest BCUT2D eigenvalue weighted by Gasteiger charge is -2.19. The molecule has 3 aromatic carbocycles. The topological polar surface area (TPSA) is 94.8 Å². The molecule has 7 heteroatoms. The standard InChI is InChI=1S/C29H25NO6/c1-18-24(16-15-22-21-13-8-14-23(21)27(31)36-26(18)22)35-28(32)25(20-11-6-3-7-12-20)30-29(33)34-17-19-9-4-2-5-10-19/h2-7,9-12,15-16,25H,8,13-14,17H2,1H3,(H,30,33)/t25-/m0/s1. The van der Waals surface area contributed by atoms with Gasteiger partial charge < -0.3 is 19.2 Å². The maximum absolute atomic E-state index is 13.3. The Bertz CT molecular complexity index is 1480. The third-order valence-electron chi connectivity index (χ3n) is 6.39. The second kappa shape index (κ2) is 10.1. The summed E-state index contributed by atoms with van der Waals surface area (Å²) in [6, 6.07) is 20.5. The summed E-state index contributed by atoms with van der Waals surface area (Å²) in [7, 11) is 0. The number of aryl methyl sites for hydroxylation is 2. The number of carbonyl (C=O) groups excluding carboxylic acids is 2. The van der Waals surface area contributed by atoms with E-state index in [1.165, 1.54) is 0 Å². The van der Waals surface area contributed by atoms with Crippen molar-refractivity contribution in [3.63, 3.8) is 0 Å². The number of alkyl carbamates (subject to hydrolysis) is 1. The molecule has 0 bridgehead atoms. The third-order valence-corrected chi connectivity index (χ3v) is 6.39. The van der Waals surface area contributed by atoms with Gasteiger partial charge in [-0.05, 0) is 55.0 Å². The summed E-state index contributed by atoms with van der Waals surface area (Å²) in [6.07, 6.45) is 1.70. The SMILES string of the molecule is Cc1c(OC(=O)[C@@H](NC(=O)OCc2ccccc2)c2ccccc2)ccc2c3c(c(=O)oc12)CCC3.